The predicted octanol–water partition coefficient (Wildman–Crippen LogP) is 4.17. The smallest absolute Gasteiger partial charge is 0.156 e. The van der Waals surface area contributed by atoms with Gasteiger partial charge in [0.25, 0.3) is 0 Å². The van der Waals surface area contributed by atoms with Crippen LogP contribution in [0.5, 0.6) is 11.5 Å². The largest absolute Gasteiger partial charge is 0.490 e. The van der Waals surface area contributed by atoms with Crippen molar-refractivity contribution in [2.75, 3.05) is 20.3 Å². The topological polar surface area (TPSA) is 30.5 Å². The molecule has 0 saturated heterocycles. The van der Waals surface area contributed by atoms with Crippen molar-refractivity contribution in [1.29, 1.82) is 0 Å². The fourth-order valence-corrected chi connectivity index (χ4v) is 2.40. The van der Waals surface area contributed by atoms with Crippen LogP contribution in [0.25, 0.3) is 0 Å². The van der Waals surface area contributed by atoms with E-state index in [9.17, 15) is 0 Å². The van der Waals surface area contributed by atoms with Crippen LogP contribution >= 0.6 is 23.2 Å². The lowest BCUT2D eigenvalue weighted by Crippen LogP contribution is -2.12. The van der Waals surface area contributed by atoms with E-state index in [0.29, 0.717) is 29.0 Å². The van der Waals surface area contributed by atoms with Gasteiger partial charge in [-0.1, -0.05) is 47.5 Å². The average molecular weight is 326 g/mol. The van der Waals surface area contributed by atoms with Gasteiger partial charge < -0.3 is 14.8 Å². The Morgan fingerprint density at radius 1 is 0.905 bits per heavy atom. The molecule has 0 spiro atoms. The van der Waals surface area contributed by atoms with Gasteiger partial charge in [-0.25, -0.2) is 0 Å². The number of para-hydroxylation sites is 2. The number of hydrogen-bond donors (Lipinski definition) is 1. The Morgan fingerprint density at radius 2 is 1.57 bits per heavy atom. The molecule has 0 fully saturated rings. The lowest BCUT2D eigenvalue weighted by atomic mass is 10.2. The van der Waals surface area contributed by atoms with Crippen molar-refractivity contribution in [3.8, 4) is 11.5 Å². The Labute approximate surface area is 134 Å². The van der Waals surface area contributed by atoms with Gasteiger partial charge in [0, 0.05) is 12.1 Å². The molecular formula is C16H17Cl2NO2. The van der Waals surface area contributed by atoms with Crippen molar-refractivity contribution in [3.63, 3.8) is 0 Å². The number of hydrogen-bond acceptors (Lipinski definition) is 3. The van der Waals surface area contributed by atoms with Crippen LogP contribution in [0.1, 0.15) is 5.56 Å². The zero-order valence-corrected chi connectivity index (χ0v) is 13.2. The lowest BCUT2D eigenvalue weighted by molar-refractivity contribution is 0.216. The summed E-state index contributed by atoms with van der Waals surface area (Å²) in [7, 11) is 1.90. The van der Waals surface area contributed by atoms with Gasteiger partial charge in [0.2, 0.25) is 0 Å². The third-order valence-corrected chi connectivity index (χ3v) is 3.44. The molecule has 2 aromatic rings. The van der Waals surface area contributed by atoms with E-state index in [1.54, 1.807) is 18.2 Å². The predicted molar refractivity (Wildman–Crippen MR) is 86.7 cm³/mol. The minimum absolute atomic E-state index is 0.372. The molecule has 0 aliphatic carbocycles. The summed E-state index contributed by atoms with van der Waals surface area (Å²) in [4.78, 5) is 0. The van der Waals surface area contributed by atoms with E-state index in [1.165, 1.54) is 0 Å². The second kappa shape index (κ2) is 8.13. The molecule has 2 aromatic carbocycles. The van der Waals surface area contributed by atoms with E-state index in [2.05, 4.69) is 5.32 Å². The third kappa shape index (κ3) is 4.53. The maximum absolute atomic E-state index is 6.03. The van der Waals surface area contributed by atoms with Crippen LogP contribution in [0.2, 0.25) is 10.0 Å². The molecular weight excluding hydrogens is 309 g/mol. The molecule has 21 heavy (non-hydrogen) atoms. The van der Waals surface area contributed by atoms with Crippen LogP contribution < -0.4 is 14.8 Å². The fourth-order valence-electron chi connectivity index (χ4n) is 1.90. The standard InChI is InChI=1S/C16H17Cl2NO2/c1-19-11-12-5-2-3-8-15(12)20-9-10-21-16-13(17)6-4-7-14(16)18/h2-8,19H,9-11H2,1H3. The molecule has 5 heteroatoms. The molecule has 0 heterocycles. The van der Waals surface area contributed by atoms with Crippen LogP contribution in [-0.2, 0) is 6.54 Å². The third-order valence-electron chi connectivity index (χ3n) is 2.85. The highest BCUT2D eigenvalue weighted by molar-refractivity contribution is 6.37. The molecule has 0 saturated carbocycles. The van der Waals surface area contributed by atoms with Gasteiger partial charge in [0.1, 0.15) is 19.0 Å². The van der Waals surface area contributed by atoms with Gasteiger partial charge in [0.05, 0.1) is 10.0 Å². The Bertz CT molecular complexity index is 570. The zero-order chi connectivity index (χ0) is 15.1. The Kier molecular flexibility index (Phi) is 6.18. The number of rotatable bonds is 7. The highest BCUT2D eigenvalue weighted by Crippen LogP contribution is 2.32. The maximum Gasteiger partial charge on any atom is 0.156 e. The van der Waals surface area contributed by atoms with Crippen LogP contribution in [0, 0.1) is 0 Å². The van der Waals surface area contributed by atoms with Crippen molar-refractivity contribution in [1.82, 2.24) is 5.32 Å². The minimum atomic E-state index is 0.372. The van der Waals surface area contributed by atoms with Crippen molar-refractivity contribution < 1.29 is 9.47 Å². The molecule has 0 aromatic heterocycles. The first-order chi connectivity index (χ1) is 10.2. The number of ether oxygens (including phenoxy) is 2. The summed E-state index contributed by atoms with van der Waals surface area (Å²) in [5.74, 6) is 1.34. The maximum atomic E-state index is 6.03. The van der Waals surface area contributed by atoms with E-state index >= 15 is 0 Å². The zero-order valence-electron chi connectivity index (χ0n) is 11.7. The van der Waals surface area contributed by atoms with E-state index in [-0.39, 0.29) is 0 Å². The second-order valence-corrected chi connectivity index (χ2v) is 5.20. The number of halogens is 2. The molecule has 1 N–H and O–H groups in total. The van der Waals surface area contributed by atoms with Gasteiger partial charge >= 0.3 is 0 Å². The van der Waals surface area contributed by atoms with Crippen molar-refractivity contribution in [3.05, 3.63) is 58.1 Å². The monoisotopic (exact) mass is 325 g/mol. The number of benzene rings is 2. The summed E-state index contributed by atoms with van der Waals surface area (Å²) in [6, 6.07) is 13.2. The SMILES string of the molecule is CNCc1ccccc1OCCOc1c(Cl)cccc1Cl. The summed E-state index contributed by atoms with van der Waals surface area (Å²) < 4.78 is 11.3. The quantitative estimate of drug-likeness (QED) is 0.775. The van der Waals surface area contributed by atoms with Crippen molar-refractivity contribution in [2.45, 2.75) is 6.54 Å². The lowest BCUT2D eigenvalue weighted by Gasteiger charge is -2.13. The fraction of sp³-hybridized carbons (Fsp3) is 0.250. The van der Waals surface area contributed by atoms with E-state index < -0.39 is 0 Å². The molecule has 112 valence electrons. The first-order valence-corrected chi connectivity index (χ1v) is 7.40. The van der Waals surface area contributed by atoms with E-state index in [4.69, 9.17) is 32.7 Å². The van der Waals surface area contributed by atoms with Gasteiger partial charge in [-0.2, -0.15) is 0 Å². The first-order valence-electron chi connectivity index (χ1n) is 6.64. The van der Waals surface area contributed by atoms with Crippen LogP contribution in [0.4, 0.5) is 0 Å². The molecule has 2 rings (SSSR count). The summed E-state index contributed by atoms with van der Waals surface area (Å²) >= 11 is 12.1. The van der Waals surface area contributed by atoms with Gasteiger partial charge in [0.15, 0.2) is 5.75 Å². The second-order valence-electron chi connectivity index (χ2n) is 4.39. The summed E-state index contributed by atoms with van der Waals surface area (Å²) in [5, 5.41) is 4.11. The Morgan fingerprint density at radius 3 is 2.29 bits per heavy atom. The van der Waals surface area contributed by atoms with E-state index in [1.807, 2.05) is 31.3 Å². The molecule has 0 aliphatic rings. The molecule has 0 atom stereocenters. The van der Waals surface area contributed by atoms with Crippen LogP contribution in [0.15, 0.2) is 42.5 Å². The first kappa shape index (κ1) is 16.0. The molecule has 0 unspecified atom stereocenters. The Balaban J connectivity index is 1.88. The summed E-state index contributed by atoms with van der Waals surface area (Å²) in [6.07, 6.45) is 0. The molecule has 3 nitrogen and oxygen atoms in total. The molecule has 0 aliphatic heterocycles. The number of nitrogens with one attached hydrogen (secondary N) is 1. The van der Waals surface area contributed by atoms with Crippen LogP contribution in [0.3, 0.4) is 0 Å². The highest BCUT2D eigenvalue weighted by atomic mass is 35.5. The summed E-state index contributed by atoms with van der Waals surface area (Å²) in [6.45, 7) is 1.55. The normalized spacial score (nSPS) is 10.4. The van der Waals surface area contributed by atoms with Crippen molar-refractivity contribution >= 4 is 23.2 Å². The van der Waals surface area contributed by atoms with Crippen molar-refractivity contribution in [2.24, 2.45) is 0 Å². The molecule has 0 bridgehead atoms. The molecule has 0 amide bonds. The van der Waals surface area contributed by atoms with Gasteiger partial charge in [-0.3, -0.25) is 0 Å². The Hall–Kier alpha value is -1.42. The van der Waals surface area contributed by atoms with Gasteiger partial charge in [-0.15, -0.1) is 0 Å². The van der Waals surface area contributed by atoms with Crippen LogP contribution in [-0.4, -0.2) is 20.3 Å². The average Bonchev–Trinajstić information content (AvgIpc) is 2.48. The summed E-state index contributed by atoms with van der Waals surface area (Å²) in [5.41, 5.74) is 1.11. The van der Waals surface area contributed by atoms with E-state index in [0.717, 1.165) is 17.9 Å². The highest BCUT2D eigenvalue weighted by Gasteiger charge is 2.07. The van der Waals surface area contributed by atoms with Gasteiger partial charge in [-0.05, 0) is 25.2 Å². The molecule has 0 radical (unpaired) electrons. The minimum Gasteiger partial charge on any atom is -0.490 e.